The maximum atomic E-state index is 5.31. The summed E-state index contributed by atoms with van der Waals surface area (Å²) in [5.74, 6) is 0.267. The van der Waals surface area contributed by atoms with E-state index in [1.807, 2.05) is 22.7 Å². The van der Waals surface area contributed by atoms with Crippen molar-refractivity contribution >= 4 is 75.7 Å². The normalized spacial score (nSPS) is 15.2. The summed E-state index contributed by atoms with van der Waals surface area (Å²) in [4.78, 5) is 7.73. The summed E-state index contributed by atoms with van der Waals surface area (Å²) in [5.41, 5.74) is 17.2. The molecule has 62 heavy (non-hydrogen) atoms. The summed E-state index contributed by atoms with van der Waals surface area (Å²) in [5, 5.41) is 3.78. The van der Waals surface area contributed by atoms with E-state index in [1.165, 1.54) is 80.5 Å². The molecule has 0 saturated heterocycles. The van der Waals surface area contributed by atoms with Crippen molar-refractivity contribution in [1.29, 1.82) is 0 Å². The molecule has 2 aliphatic carbocycles. The van der Waals surface area contributed by atoms with Gasteiger partial charge in [-0.2, -0.15) is 0 Å². The summed E-state index contributed by atoms with van der Waals surface area (Å²) < 4.78 is 3.86. The minimum absolute atomic E-state index is 0.114. The SMILES string of the molecule is CC1(C)c2ccccc2-c2ccc(N(c3ccc(-c4cccc5c4sc4c(-c6ccccc6)cccc45)cc3)c3ccc4sc(C5C=CC(c6ccccc6)=CC5)nc4c3)cc21. The molecule has 10 aromatic rings. The van der Waals surface area contributed by atoms with E-state index >= 15 is 0 Å². The molecule has 1 unspecified atom stereocenters. The average Bonchev–Trinajstić information content (AvgIpc) is 4.00. The Balaban J connectivity index is 0.941. The summed E-state index contributed by atoms with van der Waals surface area (Å²) in [7, 11) is 0. The molecule has 4 heteroatoms. The molecule has 2 heterocycles. The molecule has 0 saturated carbocycles. The van der Waals surface area contributed by atoms with Crippen molar-refractivity contribution in [1.82, 2.24) is 4.98 Å². The molecule has 2 nitrogen and oxygen atoms in total. The number of benzene rings is 8. The number of hydrogen-bond acceptors (Lipinski definition) is 4. The van der Waals surface area contributed by atoms with Crippen molar-refractivity contribution in [2.24, 2.45) is 0 Å². The smallest absolute Gasteiger partial charge is 0.101 e. The monoisotopic (exact) mass is 830 g/mol. The predicted molar refractivity (Wildman–Crippen MR) is 267 cm³/mol. The minimum atomic E-state index is -0.114. The largest absolute Gasteiger partial charge is 0.310 e. The molecule has 2 aliphatic rings. The highest BCUT2D eigenvalue weighted by atomic mass is 32.1. The summed E-state index contributed by atoms with van der Waals surface area (Å²) in [6.07, 6.45) is 7.91. The van der Waals surface area contributed by atoms with E-state index in [-0.39, 0.29) is 11.3 Å². The highest BCUT2D eigenvalue weighted by molar-refractivity contribution is 7.26. The van der Waals surface area contributed by atoms with Crippen molar-refractivity contribution in [3.63, 3.8) is 0 Å². The number of fused-ring (bicyclic) bond motifs is 7. The van der Waals surface area contributed by atoms with Crippen LogP contribution in [0, 0.1) is 0 Å². The number of thiophene rings is 1. The molecule has 0 aliphatic heterocycles. The maximum absolute atomic E-state index is 5.31. The first-order valence-electron chi connectivity index (χ1n) is 21.5. The molecule has 12 rings (SSSR count). The quantitative estimate of drug-likeness (QED) is 0.159. The first-order chi connectivity index (χ1) is 30.5. The molecule has 0 N–H and O–H groups in total. The standard InChI is InChI=1S/C58H42N2S2/c1-58(2)51-22-10-9-17-47(51)48-33-31-43(35-52(48)58)60(44-32-34-54-53(36-44)59-57(61-54)41-25-23-38(24-26-41)37-13-5-3-6-14-37)42-29-27-40(28-30-42)46-19-12-21-50-49-20-11-18-45(55(49)62-56(46)50)39-15-7-4-8-16-39/h3-25,27-36,41H,26H2,1-2H3. The van der Waals surface area contributed by atoms with Gasteiger partial charge in [-0.15, -0.1) is 22.7 Å². The van der Waals surface area contributed by atoms with Crippen molar-refractivity contribution in [2.75, 3.05) is 4.90 Å². The van der Waals surface area contributed by atoms with Gasteiger partial charge in [-0.1, -0.05) is 172 Å². The van der Waals surface area contributed by atoms with Crippen molar-refractivity contribution < 1.29 is 0 Å². The van der Waals surface area contributed by atoms with E-state index in [9.17, 15) is 0 Å². The molecule has 0 spiro atoms. The highest BCUT2D eigenvalue weighted by Crippen LogP contribution is 2.51. The van der Waals surface area contributed by atoms with Crippen LogP contribution in [-0.2, 0) is 5.41 Å². The van der Waals surface area contributed by atoms with Crippen molar-refractivity contribution in [2.45, 2.75) is 31.6 Å². The zero-order valence-electron chi connectivity index (χ0n) is 34.5. The highest BCUT2D eigenvalue weighted by Gasteiger charge is 2.36. The summed E-state index contributed by atoms with van der Waals surface area (Å²) >= 11 is 3.72. The van der Waals surface area contributed by atoms with E-state index in [0.29, 0.717) is 0 Å². The molecule has 0 radical (unpaired) electrons. The number of hydrogen-bond donors (Lipinski definition) is 0. The Labute approximate surface area is 370 Å². The summed E-state index contributed by atoms with van der Waals surface area (Å²) in [6.45, 7) is 4.72. The van der Waals surface area contributed by atoms with Crippen LogP contribution in [0.4, 0.5) is 17.1 Å². The van der Waals surface area contributed by atoms with Crippen LogP contribution < -0.4 is 4.90 Å². The van der Waals surface area contributed by atoms with Gasteiger partial charge >= 0.3 is 0 Å². The fourth-order valence-electron chi connectivity index (χ4n) is 9.84. The van der Waals surface area contributed by atoms with Crippen LogP contribution in [0.1, 0.15) is 47.9 Å². The van der Waals surface area contributed by atoms with Crippen LogP contribution in [0.3, 0.4) is 0 Å². The number of anilines is 3. The van der Waals surface area contributed by atoms with E-state index in [2.05, 4.69) is 219 Å². The van der Waals surface area contributed by atoms with Gasteiger partial charge in [0, 0.05) is 48.6 Å². The third-order valence-electron chi connectivity index (χ3n) is 13.0. The third-order valence-corrected chi connectivity index (χ3v) is 15.5. The number of nitrogens with zero attached hydrogens (tertiary/aromatic N) is 2. The van der Waals surface area contributed by atoms with E-state index in [1.54, 1.807) is 0 Å². The first-order valence-corrected chi connectivity index (χ1v) is 23.1. The lowest BCUT2D eigenvalue weighted by Gasteiger charge is -2.28. The van der Waals surface area contributed by atoms with Gasteiger partial charge in [0.2, 0.25) is 0 Å². The van der Waals surface area contributed by atoms with Crippen LogP contribution >= 0.6 is 22.7 Å². The van der Waals surface area contributed by atoms with Gasteiger partial charge in [0.25, 0.3) is 0 Å². The Morgan fingerprint density at radius 1 is 0.516 bits per heavy atom. The second kappa shape index (κ2) is 14.7. The second-order valence-corrected chi connectivity index (χ2v) is 19.1. The lowest BCUT2D eigenvalue weighted by Crippen LogP contribution is -2.16. The Kier molecular flexibility index (Phi) is 8.74. The van der Waals surface area contributed by atoms with Crippen LogP contribution in [0.2, 0.25) is 0 Å². The minimum Gasteiger partial charge on any atom is -0.310 e. The fraction of sp³-hybridized carbons (Fsp3) is 0.0862. The Hall–Kier alpha value is -6.85. The number of aromatic nitrogens is 1. The Bertz CT molecular complexity index is 3410. The van der Waals surface area contributed by atoms with E-state index < -0.39 is 0 Å². The van der Waals surface area contributed by atoms with Crippen molar-refractivity contribution in [3.05, 3.63) is 222 Å². The van der Waals surface area contributed by atoms with Gasteiger partial charge in [0.1, 0.15) is 5.01 Å². The van der Waals surface area contributed by atoms with Gasteiger partial charge in [-0.05, 0) is 105 Å². The lowest BCUT2D eigenvalue weighted by atomic mass is 9.82. The predicted octanol–water partition coefficient (Wildman–Crippen LogP) is 16.9. The molecular weight excluding hydrogens is 789 g/mol. The molecule has 1 atom stereocenters. The Morgan fingerprint density at radius 3 is 1.82 bits per heavy atom. The zero-order valence-corrected chi connectivity index (χ0v) is 36.2. The molecule has 296 valence electrons. The van der Waals surface area contributed by atoms with E-state index in [0.717, 1.165) is 34.0 Å². The van der Waals surface area contributed by atoms with Crippen LogP contribution in [0.15, 0.2) is 200 Å². The Morgan fingerprint density at radius 2 is 1.11 bits per heavy atom. The van der Waals surface area contributed by atoms with Gasteiger partial charge < -0.3 is 4.90 Å². The molecule has 8 aromatic carbocycles. The van der Waals surface area contributed by atoms with Crippen LogP contribution in [0.5, 0.6) is 0 Å². The summed E-state index contributed by atoms with van der Waals surface area (Å²) in [6, 6.07) is 66.9. The van der Waals surface area contributed by atoms with Gasteiger partial charge in [0.15, 0.2) is 0 Å². The fourth-order valence-corrected chi connectivity index (χ4v) is 12.3. The molecule has 2 aromatic heterocycles. The van der Waals surface area contributed by atoms with Gasteiger partial charge in [-0.25, -0.2) is 4.98 Å². The van der Waals surface area contributed by atoms with Crippen LogP contribution in [-0.4, -0.2) is 4.98 Å². The van der Waals surface area contributed by atoms with Crippen molar-refractivity contribution in [3.8, 4) is 33.4 Å². The zero-order chi connectivity index (χ0) is 41.4. The number of thiazole rings is 1. The maximum Gasteiger partial charge on any atom is 0.101 e. The molecule has 0 fully saturated rings. The molecular formula is C58H42N2S2. The molecule has 0 amide bonds. The lowest BCUT2D eigenvalue weighted by molar-refractivity contribution is 0.660. The topological polar surface area (TPSA) is 16.1 Å². The first kappa shape index (κ1) is 37.0. The third kappa shape index (κ3) is 6.08. The van der Waals surface area contributed by atoms with Gasteiger partial charge in [-0.3, -0.25) is 0 Å². The van der Waals surface area contributed by atoms with E-state index in [4.69, 9.17) is 4.98 Å². The van der Waals surface area contributed by atoms with Gasteiger partial charge in [0.05, 0.1) is 10.2 Å². The number of rotatable bonds is 7. The average molecular weight is 831 g/mol. The second-order valence-electron chi connectivity index (χ2n) is 17.0. The molecule has 0 bridgehead atoms. The number of allylic oxidation sites excluding steroid dienone is 4. The van der Waals surface area contributed by atoms with Crippen LogP contribution in [0.25, 0.3) is 69.3 Å².